The molecule has 1 aromatic rings. The summed E-state index contributed by atoms with van der Waals surface area (Å²) >= 11 is 0. The monoisotopic (exact) mass is 361 g/mol. The SMILES string of the molecule is CCCCCC(=NOCCN)c1ccc(C)c(N)c1.O=S(=O)(O)O. The molecule has 9 heteroatoms. The number of anilines is 1. The van der Waals surface area contributed by atoms with Gasteiger partial charge in [-0.15, -0.1) is 0 Å². The standard InChI is InChI=1S/C15H25N3O.H2O4S/c1-3-4-5-6-15(18-19-10-9-16)13-8-7-12(2)14(17)11-13;1-5(2,3)4/h7-8,11H,3-6,9-10,16-17H2,1-2H3;(H2,1,2,3,4). The molecule has 0 aliphatic carbocycles. The van der Waals surface area contributed by atoms with Crippen molar-refractivity contribution in [3.63, 3.8) is 0 Å². The highest BCUT2D eigenvalue weighted by atomic mass is 32.3. The summed E-state index contributed by atoms with van der Waals surface area (Å²) in [7, 11) is -4.67. The highest BCUT2D eigenvalue weighted by Crippen LogP contribution is 2.16. The van der Waals surface area contributed by atoms with Crippen molar-refractivity contribution < 1.29 is 22.4 Å². The van der Waals surface area contributed by atoms with Crippen molar-refractivity contribution in [2.45, 2.75) is 39.5 Å². The van der Waals surface area contributed by atoms with Crippen molar-refractivity contribution >= 4 is 21.8 Å². The van der Waals surface area contributed by atoms with E-state index < -0.39 is 10.4 Å². The minimum Gasteiger partial charge on any atom is -0.398 e. The predicted octanol–water partition coefficient (Wildman–Crippen LogP) is 2.18. The van der Waals surface area contributed by atoms with Crippen molar-refractivity contribution in [3.05, 3.63) is 29.3 Å². The van der Waals surface area contributed by atoms with Gasteiger partial charge in [-0.05, 0) is 31.4 Å². The van der Waals surface area contributed by atoms with E-state index in [1.165, 1.54) is 12.8 Å². The summed E-state index contributed by atoms with van der Waals surface area (Å²) in [5.74, 6) is 0. The van der Waals surface area contributed by atoms with E-state index >= 15 is 0 Å². The molecule has 0 atom stereocenters. The largest absolute Gasteiger partial charge is 0.398 e. The third-order valence-electron chi connectivity index (χ3n) is 3.01. The Kier molecular flexibility index (Phi) is 11.0. The second-order valence-electron chi connectivity index (χ2n) is 5.14. The van der Waals surface area contributed by atoms with Gasteiger partial charge in [0.1, 0.15) is 6.61 Å². The lowest BCUT2D eigenvalue weighted by Gasteiger charge is -2.09. The van der Waals surface area contributed by atoms with Crippen molar-refractivity contribution in [2.24, 2.45) is 10.9 Å². The Balaban J connectivity index is 0.000000922. The molecule has 138 valence electrons. The molecule has 1 aromatic carbocycles. The van der Waals surface area contributed by atoms with Gasteiger partial charge in [0.15, 0.2) is 0 Å². The number of nitrogens with two attached hydrogens (primary N) is 2. The van der Waals surface area contributed by atoms with Crippen LogP contribution >= 0.6 is 0 Å². The third-order valence-corrected chi connectivity index (χ3v) is 3.01. The first-order valence-corrected chi connectivity index (χ1v) is 9.04. The summed E-state index contributed by atoms with van der Waals surface area (Å²) < 4.78 is 31.6. The van der Waals surface area contributed by atoms with Crippen LogP contribution in [-0.2, 0) is 15.2 Å². The Morgan fingerprint density at radius 1 is 1.29 bits per heavy atom. The molecule has 0 fully saturated rings. The average molecular weight is 361 g/mol. The van der Waals surface area contributed by atoms with E-state index in [1.54, 1.807) is 0 Å². The van der Waals surface area contributed by atoms with Gasteiger partial charge in [0.25, 0.3) is 0 Å². The van der Waals surface area contributed by atoms with Gasteiger partial charge in [0.2, 0.25) is 0 Å². The summed E-state index contributed by atoms with van der Waals surface area (Å²) in [6.45, 7) is 5.10. The zero-order valence-electron chi connectivity index (χ0n) is 14.1. The molecule has 0 bridgehead atoms. The number of oxime groups is 1. The molecule has 0 radical (unpaired) electrons. The van der Waals surface area contributed by atoms with E-state index in [0.29, 0.717) is 13.2 Å². The Morgan fingerprint density at radius 2 is 1.92 bits per heavy atom. The molecule has 0 amide bonds. The van der Waals surface area contributed by atoms with Gasteiger partial charge in [-0.3, -0.25) is 9.11 Å². The molecule has 0 aliphatic rings. The van der Waals surface area contributed by atoms with Gasteiger partial charge in [-0.1, -0.05) is 37.1 Å². The Hall–Kier alpha value is -1.68. The van der Waals surface area contributed by atoms with Gasteiger partial charge in [-0.25, -0.2) is 0 Å². The summed E-state index contributed by atoms with van der Waals surface area (Å²) in [4.78, 5) is 5.22. The molecule has 0 heterocycles. The normalized spacial score (nSPS) is 11.6. The summed E-state index contributed by atoms with van der Waals surface area (Å²) in [5, 5.41) is 4.21. The first-order valence-electron chi connectivity index (χ1n) is 7.64. The number of benzene rings is 1. The lowest BCUT2D eigenvalue weighted by Crippen LogP contribution is -2.09. The van der Waals surface area contributed by atoms with Crippen molar-refractivity contribution in [1.82, 2.24) is 0 Å². The maximum Gasteiger partial charge on any atom is 0.394 e. The number of nitrogens with zero attached hydrogens (tertiary/aromatic N) is 1. The Bertz CT molecular complexity index is 610. The van der Waals surface area contributed by atoms with Crippen LogP contribution in [0.25, 0.3) is 0 Å². The van der Waals surface area contributed by atoms with Crippen LogP contribution < -0.4 is 11.5 Å². The number of hydrogen-bond acceptors (Lipinski definition) is 6. The van der Waals surface area contributed by atoms with Crippen molar-refractivity contribution in [3.8, 4) is 0 Å². The Labute approximate surface area is 143 Å². The maximum absolute atomic E-state index is 8.74. The summed E-state index contributed by atoms with van der Waals surface area (Å²) in [5.41, 5.74) is 15.2. The second-order valence-corrected chi connectivity index (χ2v) is 6.03. The van der Waals surface area contributed by atoms with Crippen LogP contribution in [0.15, 0.2) is 23.4 Å². The maximum atomic E-state index is 8.74. The third kappa shape index (κ3) is 11.8. The van der Waals surface area contributed by atoms with Crippen LogP contribution in [0, 0.1) is 6.92 Å². The molecular weight excluding hydrogens is 334 g/mol. The summed E-state index contributed by atoms with van der Waals surface area (Å²) in [6, 6.07) is 6.02. The number of aryl methyl sites for hydroxylation is 1. The zero-order valence-corrected chi connectivity index (χ0v) is 14.9. The van der Waals surface area contributed by atoms with Crippen LogP contribution in [0.3, 0.4) is 0 Å². The number of rotatable bonds is 8. The number of nitrogen functional groups attached to an aromatic ring is 1. The molecule has 8 nitrogen and oxygen atoms in total. The minimum absolute atomic E-state index is 0.443. The number of hydrogen-bond donors (Lipinski definition) is 4. The van der Waals surface area contributed by atoms with Crippen molar-refractivity contribution in [1.29, 1.82) is 0 Å². The van der Waals surface area contributed by atoms with E-state index in [2.05, 4.69) is 12.1 Å². The molecule has 1 rings (SSSR count). The van der Waals surface area contributed by atoms with Crippen molar-refractivity contribution in [2.75, 3.05) is 18.9 Å². The fraction of sp³-hybridized carbons (Fsp3) is 0.533. The van der Waals surface area contributed by atoms with Crippen LogP contribution in [0.5, 0.6) is 0 Å². The van der Waals surface area contributed by atoms with Gasteiger partial charge in [-0.2, -0.15) is 8.42 Å². The van der Waals surface area contributed by atoms with Gasteiger partial charge < -0.3 is 16.3 Å². The lowest BCUT2D eigenvalue weighted by molar-refractivity contribution is 0.152. The van der Waals surface area contributed by atoms with E-state index in [1.807, 2.05) is 25.1 Å². The van der Waals surface area contributed by atoms with E-state index in [0.717, 1.165) is 35.4 Å². The smallest absolute Gasteiger partial charge is 0.394 e. The average Bonchev–Trinajstić information content (AvgIpc) is 2.47. The molecule has 0 saturated heterocycles. The molecule has 0 saturated carbocycles. The molecule has 24 heavy (non-hydrogen) atoms. The lowest BCUT2D eigenvalue weighted by atomic mass is 10.0. The number of unbranched alkanes of at least 4 members (excludes halogenated alkanes) is 2. The fourth-order valence-corrected chi connectivity index (χ4v) is 1.78. The van der Waals surface area contributed by atoms with Crippen LogP contribution in [0.4, 0.5) is 5.69 Å². The molecule has 6 N–H and O–H groups in total. The van der Waals surface area contributed by atoms with Crippen LogP contribution in [0.1, 0.15) is 43.7 Å². The van der Waals surface area contributed by atoms with E-state index in [9.17, 15) is 0 Å². The Morgan fingerprint density at radius 3 is 2.42 bits per heavy atom. The first kappa shape index (κ1) is 22.3. The van der Waals surface area contributed by atoms with E-state index in [-0.39, 0.29) is 0 Å². The highest BCUT2D eigenvalue weighted by molar-refractivity contribution is 7.79. The molecular formula is C15H27N3O5S. The van der Waals surface area contributed by atoms with Crippen LogP contribution in [-0.4, -0.2) is 36.4 Å². The molecule has 0 unspecified atom stereocenters. The fourth-order valence-electron chi connectivity index (χ4n) is 1.78. The second kappa shape index (κ2) is 11.8. The zero-order chi connectivity index (χ0) is 18.6. The minimum atomic E-state index is -4.67. The molecule has 0 spiro atoms. The summed E-state index contributed by atoms with van der Waals surface area (Å²) in [6.07, 6.45) is 4.39. The van der Waals surface area contributed by atoms with Crippen LogP contribution in [0.2, 0.25) is 0 Å². The molecule has 0 aliphatic heterocycles. The van der Waals surface area contributed by atoms with Gasteiger partial charge in [0, 0.05) is 17.8 Å². The molecule has 0 aromatic heterocycles. The van der Waals surface area contributed by atoms with E-state index in [4.69, 9.17) is 33.8 Å². The van der Waals surface area contributed by atoms with Gasteiger partial charge in [0.05, 0.1) is 5.71 Å². The first-order chi connectivity index (χ1) is 11.2. The van der Waals surface area contributed by atoms with Gasteiger partial charge >= 0.3 is 10.4 Å². The quantitative estimate of drug-likeness (QED) is 0.182. The predicted molar refractivity (Wildman–Crippen MR) is 95.5 cm³/mol. The highest BCUT2D eigenvalue weighted by Gasteiger charge is 2.06. The topological polar surface area (TPSA) is 148 Å².